The average Bonchev–Trinajstić information content (AvgIpc) is 2.97. The summed E-state index contributed by atoms with van der Waals surface area (Å²) in [4.78, 5) is 3.41. The lowest BCUT2D eigenvalue weighted by molar-refractivity contribution is -0.137. The van der Waals surface area contributed by atoms with Gasteiger partial charge in [-0.2, -0.15) is 13.2 Å². The predicted molar refractivity (Wildman–Crippen MR) is 49.0 cm³/mol. The molecule has 15 heavy (non-hydrogen) atoms. The maximum atomic E-state index is 12.4. The lowest BCUT2D eigenvalue weighted by Crippen LogP contribution is -2.07. The predicted octanol–water partition coefficient (Wildman–Crippen LogP) is 3.61. The Balaban J connectivity index is 2.41. The highest BCUT2D eigenvalue weighted by molar-refractivity contribution is 5.37. The molecule has 1 aromatic rings. The van der Waals surface area contributed by atoms with Crippen molar-refractivity contribution in [3.8, 4) is 0 Å². The summed E-state index contributed by atoms with van der Waals surface area (Å²) in [5, 5.41) is 0. The molecule has 0 radical (unpaired) electrons. The number of hydrogen-bond donors (Lipinski definition) is 0. The van der Waals surface area contributed by atoms with Crippen LogP contribution in [0.5, 0.6) is 0 Å². The highest BCUT2D eigenvalue weighted by atomic mass is 19.4. The van der Waals surface area contributed by atoms with Gasteiger partial charge in [0.1, 0.15) is 0 Å². The van der Waals surface area contributed by atoms with E-state index in [9.17, 15) is 13.2 Å². The third kappa shape index (κ3) is 1.70. The fourth-order valence-corrected chi connectivity index (χ4v) is 1.57. The summed E-state index contributed by atoms with van der Waals surface area (Å²) in [6.07, 6.45) is -3.00. The zero-order valence-electron chi connectivity index (χ0n) is 7.80. The molecule has 1 aromatic carbocycles. The average molecular weight is 211 g/mol. The number of alkyl halides is 3. The molecule has 2 rings (SSSR count). The zero-order chi connectivity index (χ0) is 11.1. The topological polar surface area (TPSA) is 4.36 Å². The largest absolute Gasteiger partial charge is 0.416 e. The molecule has 1 aliphatic carbocycles. The highest BCUT2D eigenvalue weighted by Crippen LogP contribution is 2.50. The Morgan fingerprint density at radius 3 is 2.40 bits per heavy atom. The van der Waals surface area contributed by atoms with Gasteiger partial charge in [0.05, 0.1) is 5.56 Å². The van der Waals surface area contributed by atoms with Crippen LogP contribution in [0.15, 0.2) is 24.3 Å². The Kier molecular flexibility index (Phi) is 2.00. The van der Waals surface area contributed by atoms with Crippen LogP contribution in [0.4, 0.5) is 13.2 Å². The standard InChI is InChI=1S/C11H8F3N/c1-15-10(5-6-10)8-3-2-4-9(7-8)11(12,13)14/h2-4,7H,5-6H2. The van der Waals surface area contributed by atoms with Gasteiger partial charge in [-0.1, -0.05) is 12.1 Å². The van der Waals surface area contributed by atoms with Crippen molar-refractivity contribution < 1.29 is 13.2 Å². The molecule has 0 aromatic heterocycles. The van der Waals surface area contributed by atoms with E-state index in [0.717, 1.165) is 12.1 Å². The van der Waals surface area contributed by atoms with Crippen molar-refractivity contribution in [2.45, 2.75) is 24.6 Å². The van der Waals surface area contributed by atoms with Gasteiger partial charge in [-0.15, -0.1) is 0 Å². The lowest BCUT2D eigenvalue weighted by Gasteiger charge is -2.09. The molecule has 1 nitrogen and oxygen atoms in total. The van der Waals surface area contributed by atoms with E-state index < -0.39 is 17.3 Å². The van der Waals surface area contributed by atoms with E-state index in [2.05, 4.69) is 4.85 Å². The molecule has 0 spiro atoms. The molecule has 0 N–H and O–H groups in total. The Morgan fingerprint density at radius 1 is 1.27 bits per heavy atom. The van der Waals surface area contributed by atoms with Crippen LogP contribution in [0.3, 0.4) is 0 Å². The number of benzene rings is 1. The summed E-state index contributed by atoms with van der Waals surface area (Å²) < 4.78 is 37.2. The summed E-state index contributed by atoms with van der Waals surface area (Å²) in [7, 11) is 0. The van der Waals surface area contributed by atoms with Gasteiger partial charge in [0.2, 0.25) is 0 Å². The van der Waals surface area contributed by atoms with Gasteiger partial charge in [0.25, 0.3) is 5.54 Å². The van der Waals surface area contributed by atoms with Crippen LogP contribution >= 0.6 is 0 Å². The Labute approximate surface area is 85.3 Å². The minimum atomic E-state index is -4.33. The number of rotatable bonds is 1. The van der Waals surface area contributed by atoms with Crippen LogP contribution in [-0.2, 0) is 11.7 Å². The van der Waals surface area contributed by atoms with Crippen LogP contribution < -0.4 is 0 Å². The van der Waals surface area contributed by atoms with E-state index >= 15 is 0 Å². The van der Waals surface area contributed by atoms with Crippen molar-refractivity contribution in [1.82, 2.24) is 0 Å². The summed E-state index contributed by atoms with van der Waals surface area (Å²) in [5.74, 6) is 0. The zero-order valence-corrected chi connectivity index (χ0v) is 7.80. The number of halogens is 3. The molecule has 78 valence electrons. The molecule has 0 saturated heterocycles. The molecule has 0 bridgehead atoms. The van der Waals surface area contributed by atoms with E-state index in [0.29, 0.717) is 18.4 Å². The number of hydrogen-bond acceptors (Lipinski definition) is 0. The van der Waals surface area contributed by atoms with E-state index in [-0.39, 0.29) is 0 Å². The van der Waals surface area contributed by atoms with Gasteiger partial charge < -0.3 is 4.85 Å². The quantitative estimate of drug-likeness (QED) is 0.625. The normalized spacial score (nSPS) is 18.3. The maximum Gasteiger partial charge on any atom is 0.416 e. The molecule has 0 heterocycles. The molecule has 0 atom stereocenters. The van der Waals surface area contributed by atoms with Crippen LogP contribution in [0.25, 0.3) is 4.85 Å². The smallest absolute Gasteiger partial charge is 0.305 e. The Morgan fingerprint density at radius 2 is 1.93 bits per heavy atom. The fraction of sp³-hybridized carbons (Fsp3) is 0.364. The van der Waals surface area contributed by atoms with E-state index in [1.807, 2.05) is 0 Å². The molecule has 0 unspecified atom stereocenters. The summed E-state index contributed by atoms with van der Waals surface area (Å²) >= 11 is 0. The van der Waals surface area contributed by atoms with Gasteiger partial charge in [-0.25, -0.2) is 6.57 Å². The molecule has 0 aliphatic heterocycles. The minimum absolute atomic E-state index is 0.493. The Hall–Kier alpha value is -1.50. The van der Waals surface area contributed by atoms with Crippen molar-refractivity contribution in [1.29, 1.82) is 0 Å². The van der Waals surface area contributed by atoms with Crippen LogP contribution in [-0.4, -0.2) is 0 Å². The van der Waals surface area contributed by atoms with Crippen molar-refractivity contribution in [2.24, 2.45) is 0 Å². The van der Waals surface area contributed by atoms with Crippen LogP contribution in [0, 0.1) is 6.57 Å². The van der Waals surface area contributed by atoms with Gasteiger partial charge in [-0.05, 0) is 12.1 Å². The van der Waals surface area contributed by atoms with Gasteiger partial charge in [-0.3, -0.25) is 0 Å². The maximum absolute atomic E-state index is 12.4. The molecule has 1 saturated carbocycles. The molecule has 1 aliphatic rings. The minimum Gasteiger partial charge on any atom is -0.305 e. The second-order valence-electron chi connectivity index (χ2n) is 3.72. The monoisotopic (exact) mass is 211 g/mol. The van der Waals surface area contributed by atoms with Crippen molar-refractivity contribution in [3.63, 3.8) is 0 Å². The van der Waals surface area contributed by atoms with E-state index in [1.165, 1.54) is 6.07 Å². The van der Waals surface area contributed by atoms with Gasteiger partial charge in [0.15, 0.2) is 0 Å². The fourth-order valence-electron chi connectivity index (χ4n) is 1.57. The van der Waals surface area contributed by atoms with Crippen molar-refractivity contribution in [2.75, 3.05) is 0 Å². The molecule has 4 heteroatoms. The SMILES string of the molecule is [C-]#[N+]C1(c2cccc(C(F)(F)F)c2)CC1. The first kappa shape index (κ1) is 10.0. The third-order valence-corrected chi connectivity index (χ3v) is 2.66. The van der Waals surface area contributed by atoms with E-state index in [4.69, 9.17) is 6.57 Å². The van der Waals surface area contributed by atoms with Gasteiger partial charge >= 0.3 is 6.18 Å². The second kappa shape index (κ2) is 2.99. The molecular formula is C11H8F3N. The summed E-state index contributed by atoms with van der Waals surface area (Å²) in [5.41, 5.74) is -0.844. The first-order valence-corrected chi connectivity index (χ1v) is 4.54. The number of nitrogens with zero attached hydrogens (tertiary/aromatic N) is 1. The summed E-state index contributed by atoms with van der Waals surface area (Å²) in [6.45, 7) is 6.98. The van der Waals surface area contributed by atoms with Gasteiger partial charge in [0, 0.05) is 18.4 Å². The highest BCUT2D eigenvalue weighted by Gasteiger charge is 2.53. The lowest BCUT2D eigenvalue weighted by atomic mass is 10.0. The first-order valence-electron chi connectivity index (χ1n) is 4.54. The molecule has 0 amide bonds. The van der Waals surface area contributed by atoms with Crippen LogP contribution in [0.1, 0.15) is 24.0 Å². The second-order valence-corrected chi connectivity index (χ2v) is 3.72. The molecule has 1 fully saturated rings. The Bertz CT molecular complexity index is 424. The summed E-state index contributed by atoms with van der Waals surface area (Å²) in [6, 6.07) is 5.08. The van der Waals surface area contributed by atoms with Crippen LogP contribution in [0.2, 0.25) is 0 Å². The van der Waals surface area contributed by atoms with E-state index in [1.54, 1.807) is 6.07 Å². The van der Waals surface area contributed by atoms with Crippen molar-refractivity contribution >= 4 is 0 Å². The third-order valence-electron chi connectivity index (χ3n) is 2.66. The molecular weight excluding hydrogens is 203 g/mol. The van der Waals surface area contributed by atoms with Crippen molar-refractivity contribution in [3.05, 3.63) is 46.8 Å². The first-order chi connectivity index (χ1) is 6.98.